The van der Waals surface area contributed by atoms with E-state index in [0.29, 0.717) is 13.2 Å². The van der Waals surface area contributed by atoms with Crippen molar-refractivity contribution in [1.29, 1.82) is 0 Å². The van der Waals surface area contributed by atoms with Crippen LogP contribution in [0.25, 0.3) is 11.3 Å². The highest BCUT2D eigenvalue weighted by Gasteiger charge is 2.19. The van der Waals surface area contributed by atoms with Crippen molar-refractivity contribution in [1.82, 2.24) is 20.4 Å². The fourth-order valence-corrected chi connectivity index (χ4v) is 3.58. The molecule has 0 amide bonds. The Hall–Kier alpha value is -2.13. The third-order valence-corrected chi connectivity index (χ3v) is 5.33. The van der Waals surface area contributed by atoms with E-state index in [0.717, 1.165) is 80.4 Å². The van der Waals surface area contributed by atoms with Crippen LogP contribution in [0, 0.1) is 0 Å². The van der Waals surface area contributed by atoms with E-state index in [1.54, 1.807) is 7.11 Å². The predicted molar refractivity (Wildman–Crippen MR) is 121 cm³/mol. The number of aromatic nitrogens is 2. The average molecular weight is 433 g/mol. The first-order valence-electron chi connectivity index (χ1n) is 11.1. The van der Waals surface area contributed by atoms with Crippen molar-refractivity contribution in [3.05, 3.63) is 30.0 Å². The first kappa shape index (κ1) is 23.5. The molecule has 0 saturated carbocycles. The van der Waals surface area contributed by atoms with Crippen LogP contribution in [0.3, 0.4) is 0 Å². The number of hydrogen-bond donors (Lipinski definition) is 2. The number of methoxy groups -OCH3 is 1. The van der Waals surface area contributed by atoms with Gasteiger partial charge in [0.05, 0.1) is 25.5 Å². The van der Waals surface area contributed by atoms with E-state index in [1.165, 1.54) is 0 Å². The Morgan fingerprint density at radius 2 is 2.06 bits per heavy atom. The smallest absolute Gasteiger partial charge is 0.162 e. The van der Waals surface area contributed by atoms with Crippen molar-refractivity contribution in [3.63, 3.8) is 0 Å². The number of benzene rings is 1. The maximum atomic E-state index is 6.36. The molecule has 0 radical (unpaired) electrons. The highest BCUT2D eigenvalue weighted by molar-refractivity contribution is 5.66. The second kappa shape index (κ2) is 12.7. The molecule has 1 aliphatic rings. The molecular weight excluding hydrogens is 396 g/mol. The molecule has 0 aliphatic carbocycles. The zero-order valence-electron chi connectivity index (χ0n) is 19.0. The van der Waals surface area contributed by atoms with Gasteiger partial charge in [0, 0.05) is 69.9 Å². The SMILES string of the molecule is CNCCN(C)Cc1c[nH]nc1-c1ccc(OCCCOC)c(OC2CCOCC2)c1. The summed E-state index contributed by atoms with van der Waals surface area (Å²) in [6.45, 7) is 5.45. The molecule has 2 N–H and O–H groups in total. The minimum Gasteiger partial charge on any atom is -0.490 e. The van der Waals surface area contributed by atoms with Gasteiger partial charge in [0.25, 0.3) is 0 Å². The summed E-state index contributed by atoms with van der Waals surface area (Å²) in [5, 5.41) is 10.7. The van der Waals surface area contributed by atoms with Crippen molar-refractivity contribution in [2.24, 2.45) is 0 Å². The van der Waals surface area contributed by atoms with Crippen molar-refractivity contribution >= 4 is 0 Å². The average Bonchev–Trinajstić information content (AvgIpc) is 3.24. The molecule has 1 aliphatic heterocycles. The summed E-state index contributed by atoms with van der Waals surface area (Å²) in [5.74, 6) is 1.52. The van der Waals surface area contributed by atoms with E-state index >= 15 is 0 Å². The Labute approximate surface area is 185 Å². The van der Waals surface area contributed by atoms with Crippen LogP contribution in [-0.4, -0.2) is 81.9 Å². The molecule has 31 heavy (non-hydrogen) atoms. The number of nitrogens with one attached hydrogen (secondary N) is 2. The summed E-state index contributed by atoms with van der Waals surface area (Å²) >= 11 is 0. The van der Waals surface area contributed by atoms with Crippen molar-refractivity contribution in [2.75, 3.05) is 60.7 Å². The second-order valence-electron chi connectivity index (χ2n) is 7.89. The van der Waals surface area contributed by atoms with Crippen LogP contribution < -0.4 is 14.8 Å². The molecular formula is C23H36N4O4. The fraction of sp³-hybridized carbons (Fsp3) is 0.609. The van der Waals surface area contributed by atoms with Crippen molar-refractivity contribution in [2.45, 2.75) is 31.9 Å². The van der Waals surface area contributed by atoms with Crippen LogP contribution in [-0.2, 0) is 16.0 Å². The highest BCUT2D eigenvalue weighted by Crippen LogP contribution is 2.35. The molecule has 172 valence electrons. The molecule has 1 saturated heterocycles. The van der Waals surface area contributed by atoms with Crippen molar-refractivity contribution < 1.29 is 18.9 Å². The van der Waals surface area contributed by atoms with E-state index in [4.69, 9.17) is 18.9 Å². The van der Waals surface area contributed by atoms with E-state index in [-0.39, 0.29) is 6.10 Å². The monoisotopic (exact) mass is 432 g/mol. The molecule has 0 spiro atoms. The van der Waals surface area contributed by atoms with Crippen LogP contribution in [0.1, 0.15) is 24.8 Å². The van der Waals surface area contributed by atoms with Gasteiger partial charge in [0.1, 0.15) is 6.10 Å². The van der Waals surface area contributed by atoms with Crippen LogP contribution >= 0.6 is 0 Å². The van der Waals surface area contributed by atoms with Gasteiger partial charge in [0.15, 0.2) is 11.5 Å². The zero-order chi connectivity index (χ0) is 21.9. The minimum atomic E-state index is 0.136. The van der Waals surface area contributed by atoms with Crippen LogP contribution in [0.4, 0.5) is 0 Å². The molecule has 1 aromatic heterocycles. The maximum absolute atomic E-state index is 6.36. The predicted octanol–water partition coefficient (Wildman–Crippen LogP) is 2.70. The third kappa shape index (κ3) is 7.21. The number of ether oxygens (including phenoxy) is 4. The molecule has 1 fully saturated rings. The lowest BCUT2D eigenvalue weighted by Crippen LogP contribution is -2.27. The number of nitrogens with zero attached hydrogens (tertiary/aromatic N) is 2. The molecule has 0 unspecified atom stereocenters. The van der Waals surface area contributed by atoms with E-state index in [2.05, 4.69) is 33.5 Å². The Morgan fingerprint density at radius 1 is 1.23 bits per heavy atom. The van der Waals surface area contributed by atoms with E-state index < -0.39 is 0 Å². The number of likely N-dealkylation sites (N-methyl/N-ethyl adjacent to an activating group) is 2. The van der Waals surface area contributed by atoms with Gasteiger partial charge in [-0.25, -0.2) is 0 Å². The summed E-state index contributed by atoms with van der Waals surface area (Å²) < 4.78 is 23.0. The maximum Gasteiger partial charge on any atom is 0.162 e. The van der Waals surface area contributed by atoms with Gasteiger partial charge in [-0.1, -0.05) is 0 Å². The molecule has 0 atom stereocenters. The highest BCUT2D eigenvalue weighted by atomic mass is 16.5. The standard InChI is InChI=1S/C23H36N4O4/c1-24-9-10-27(2)17-19-16-25-26-23(19)18-5-6-21(30-12-4-11-28-3)22(15-18)31-20-7-13-29-14-8-20/h5-6,15-16,20,24H,4,7-14,17H2,1-3H3,(H,25,26). The number of rotatable bonds is 13. The third-order valence-electron chi connectivity index (χ3n) is 5.33. The van der Waals surface area contributed by atoms with E-state index in [9.17, 15) is 0 Å². The number of aromatic amines is 1. The minimum absolute atomic E-state index is 0.136. The molecule has 1 aromatic carbocycles. The van der Waals surface area contributed by atoms with Gasteiger partial charge < -0.3 is 29.2 Å². The Bertz CT molecular complexity index is 777. The van der Waals surface area contributed by atoms with Gasteiger partial charge in [-0.3, -0.25) is 5.10 Å². The Kier molecular flexibility index (Phi) is 9.61. The summed E-state index contributed by atoms with van der Waals surface area (Å²) in [7, 11) is 5.78. The van der Waals surface area contributed by atoms with Gasteiger partial charge >= 0.3 is 0 Å². The largest absolute Gasteiger partial charge is 0.490 e. The molecule has 3 rings (SSSR count). The lowest BCUT2D eigenvalue weighted by molar-refractivity contribution is 0.0242. The normalized spacial score (nSPS) is 14.8. The quantitative estimate of drug-likeness (QED) is 0.471. The molecule has 0 bridgehead atoms. The van der Waals surface area contributed by atoms with Gasteiger partial charge in [-0.2, -0.15) is 5.10 Å². The van der Waals surface area contributed by atoms with E-state index in [1.807, 2.05) is 25.4 Å². The summed E-state index contributed by atoms with van der Waals surface area (Å²) in [6, 6.07) is 6.09. The fourth-order valence-electron chi connectivity index (χ4n) is 3.58. The van der Waals surface area contributed by atoms with Crippen LogP contribution in [0.2, 0.25) is 0 Å². The number of H-pyrrole nitrogens is 1. The molecule has 2 heterocycles. The van der Waals surface area contributed by atoms with Crippen molar-refractivity contribution in [3.8, 4) is 22.8 Å². The van der Waals surface area contributed by atoms with Gasteiger partial charge in [0.2, 0.25) is 0 Å². The summed E-state index contributed by atoms with van der Waals surface area (Å²) in [6.07, 6.45) is 4.71. The van der Waals surface area contributed by atoms with Gasteiger partial charge in [-0.05, 0) is 32.3 Å². The molecule has 8 heteroatoms. The van der Waals surface area contributed by atoms with Crippen LogP contribution in [0.15, 0.2) is 24.4 Å². The molecule has 2 aromatic rings. The summed E-state index contributed by atoms with van der Waals surface area (Å²) in [4.78, 5) is 2.28. The van der Waals surface area contributed by atoms with Gasteiger partial charge in [-0.15, -0.1) is 0 Å². The van der Waals surface area contributed by atoms with Crippen LogP contribution in [0.5, 0.6) is 11.5 Å². The second-order valence-corrected chi connectivity index (χ2v) is 7.89. The zero-order valence-corrected chi connectivity index (χ0v) is 19.0. The molecule has 8 nitrogen and oxygen atoms in total. The Balaban J connectivity index is 1.77. The Morgan fingerprint density at radius 3 is 2.84 bits per heavy atom. The summed E-state index contributed by atoms with van der Waals surface area (Å²) in [5.41, 5.74) is 3.12. The lowest BCUT2D eigenvalue weighted by Gasteiger charge is -2.25. The first-order chi connectivity index (χ1) is 15.2. The lowest BCUT2D eigenvalue weighted by atomic mass is 10.1. The first-order valence-corrected chi connectivity index (χ1v) is 11.1. The number of hydrogen-bond acceptors (Lipinski definition) is 7. The topological polar surface area (TPSA) is 80.9 Å².